The topological polar surface area (TPSA) is 42.4 Å². The Bertz CT molecular complexity index is 442. The van der Waals surface area contributed by atoms with Gasteiger partial charge in [0.2, 0.25) is 0 Å². The first-order valence-electron chi connectivity index (χ1n) is 5.38. The number of hydrogen-bond acceptors (Lipinski definition) is 3. The van der Waals surface area contributed by atoms with Crippen molar-refractivity contribution in [3.63, 3.8) is 0 Å². The molecule has 18 heavy (non-hydrogen) atoms. The fourth-order valence-corrected chi connectivity index (χ4v) is 1.75. The first-order chi connectivity index (χ1) is 8.50. The zero-order valence-corrected chi connectivity index (χ0v) is 9.41. The summed E-state index contributed by atoms with van der Waals surface area (Å²) in [4.78, 5) is 16.9. The highest BCUT2D eigenvalue weighted by Gasteiger charge is 2.36. The predicted molar refractivity (Wildman–Crippen MR) is 56.0 cm³/mol. The van der Waals surface area contributed by atoms with Gasteiger partial charge in [0, 0.05) is 25.5 Å². The Kier molecular flexibility index (Phi) is 3.51. The van der Waals surface area contributed by atoms with Crippen molar-refractivity contribution in [3.05, 3.63) is 29.6 Å². The number of halogens is 3. The molecular weight excluding hydrogens is 249 g/mol. The molecule has 1 aromatic rings. The van der Waals surface area contributed by atoms with Crippen molar-refractivity contribution < 1.29 is 22.7 Å². The van der Waals surface area contributed by atoms with Crippen molar-refractivity contribution in [1.29, 1.82) is 0 Å². The maximum absolute atomic E-state index is 12.8. The molecule has 0 unspecified atom stereocenters. The molecule has 7 heteroatoms. The quantitative estimate of drug-likeness (QED) is 0.769. The molecule has 1 aromatic heterocycles. The van der Waals surface area contributed by atoms with E-state index in [0.29, 0.717) is 26.3 Å². The van der Waals surface area contributed by atoms with Crippen LogP contribution < -0.4 is 0 Å². The highest BCUT2D eigenvalue weighted by atomic mass is 19.4. The van der Waals surface area contributed by atoms with Crippen molar-refractivity contribution in [2.45, 2.75) is 6.18 Å². The molecule has 0 aliphatic carbocycles. The minimum absolute atomic E-state index is 0.297. The number of alkyl halides is 3. The van der Waals surface area contributed by atoms with Gasteiger partial charge < -0.3 is 9.64 Å². The lowest BCUT2D eigenvalue weighted by atomic mass is 10.1. The highest BCUT2D eigenvalue weighted by molar-refractivity contribution is 5.95. The zero-order chi connectivity index (χ0) is 13.2. The number of ether oxygens (including phenoxy) is 1. The summed E-state index contributed by atoms with van der Waals surface area (Å²) in [5.74, 6) is -0.654. The summed E-state index contributed by atoms with van der Waals surface area (Å²) in [5, 5.41) is 0. The van der Waals surface area contributed by atoms with Gasteiger partial charge in [0.05, 0.1) is 24.3 Å². The van der Waals surface area contributed by atoms with E-state index in [1.807, 2.05) is 0 Å². The van der Waals surface area contributed by atoms with Crippen molar-refractivity contribution in [2.75, 3.05) is 26.3 Å². The monoisotopic (exact) mass is 260 g/mol. The van der Waals surface area contributed by atoms with Crippen molar-refractivity contribution in [3.8, 4) is 0 Å². The van der Waals surface area contributed by atoms with E-state index in [0.717, 1.165) is 18.5 Å². The van der Waals surface area contributed by atoms with Gasteiger partial charge in [-0.1, -0.05) is 0 Å². The van der Waals surface area contributed by atoms with Gasteiger partial charge in [0.1, 0.15) is 0 Å². The molecule has 1 saturated heterocycles. The molecule has 0 saturated carbocycles. The van der Waals surface area contributed by atoms with Gasteiger partial charge >= 0.3 is 6.18 Å². The normalized spacial score (nSPS) is 16.7. The fourth-order valence-electron chi connectivity index (χ4n) is 1.75. The van der Waals surface area contributed by atoms with Crippen LogP contribution in [0.2, 0.25) is 0 Å². The zero-order valence-electron chi connectivity index (χ0n) is 9.41. The number of hydrogen-bond donors (Lipinski definition) is 0. The molecule has 2 heterocycles. The maximum atomic E-state index is 12.8. The Morgan fingerprint density at radius 1 is 1.33 bits per heavy atom. The second-order valence-electron chi connectivity index (χ2n) is 3.82. The largest absolute Gasteiger partial charge is 0.417 e. The number of nitrogens with zero attached hydrogens (tertiary/aromatic N) is 2. The van der Waals surface area contributed by atoms with E-state index < -0.39 is 23.2 Å². The van der Waals surface area contributed by atoms with E-state index in [-0.39, 0.29) is 0 Å². The summed E-state index contributed by atoms with van der Waals surface area (Å²) in [5.41, 5.74) is -1.36. The van der Waals surface area contributed by atoms with Gasteiger partial charge in [-0.2, -0.15) is 13.2 Å². The third-order valence-corrected chi connectivity index (χ3v) is 2.66. The molecule has 1 aliphatic heterocycles. The average molecular weight is 260 g/mol. The summed E-state index contributed by atoms with van der Waals surface area (Å²) < 4.78 is 43.3. The van der Waals surface area contributed by atoms with Crippen molar-refractivity contribution in [2.24, 2.45) is 0 Å². The molecule has 4 nitrogen and oxygen atoms in total. The predicted octanol–water partition coefficient (Wildman–Crippen LogP) is 1.57. The number of morpholine rings is 1. The number of carbonyl (C=O) groups is 1. The van der Waals surface area contributed by atoms with Crippen LogP contribution in [-0.4, -0.2) is 42.1 Å². The third kappa shape index (κ3) is 2.61. The Labute approximate surface area is 101 Å². The Morgan fingerprint density at radius 3 is 2.61 bits per heavy atom. The van der Waals surface area contributed by atoms with Gasteiger partial charge in [-0.15, -0.1) is 0 Å². The highest BCUT2D eigenvalue weighted by Crippen LogP contribution is 2.31. The molecule has 2 rings (SSSR count). The van der Waals surface area contributed by atoms with E-state index in [2.05, 4.69) is 4.98 Å². The van der Waals surface area contributed by atoms with Gasteiger partial charge in [0.15, 0.2) is 0 Å². The minimum atomic E-state index is -4.56. The first kappa shape index (κ1) is 12.8. The van der Waals surface area contributed by atoms with Crippen LogP contribution in [0, 0.1) is 0 Å². The molecule has 1 amide bonds. The lowest BCUT2D eigenvalue weighted by molar-refractivity contribution is -0.138. The minimum Gasteiger partial charge on any atom is -0.378 e. The van der Waals surface area contributed by atoms with Crippen LogP contribution in [0.1, 0.15) is 15.9 Å². The first-order valence-corrected chi connectivity index (χ1v) is 5.38. The maximum Gasteiger partial charge on any atom is 0.417 e. The van der Waals surface area contributed by atoms with E-state index >= 15 is 0 Å². The number of pyridine rings is 1. The smallest absolute Gasteiger partial charge is 0.378 e. The summed E-state index contributed by atoms with van der Waals surface area (Å²) in [6.45, 7) is 1.27. The molecule has 0 bridgehead atoms. The molecule has 0 atom stereocenters. The molecule has 0 aromatic carbocycles. The third-order valence-electron chi connectivity index (χ3n) is 2.66. The van der Waals surface area contributed by atoms with Crippen LogP contribution in [0.4, 0.5) is 13.2 Å². The summed E-state index contributed by atoms with van der Waals surface area (Å²) in [7, 11) is 0. The fraction of sp³-hybridized carbons (Fsp3) is 0.455. The van der Waals surface area contributed by atoms with Crippen LogP contribution in [0.3, 0.4) is 0 Å². The van der Waals surface area contributed by atoms with Crippen LogP contribution in [0.5, 0.6) is 0 Å². The molecule has 98 valence electrons. The van der Waals surface area contributed by atoms with Crippen molar-refractivity contribution in [1.82, 2.24) is 9.88 Å². The van der Waals surface area contributed by atoms with Crippen LogP contribution in [0.15, 0.2) is 18.5 Å². The van der Waals surface area contributed by atoms with Crippen LogP contribution in [0.25, 0.3) is 0 Å². The Hall–Kier alpha value is -1.63. The van der Waals surface area contributed by atoms with E-state index in [4.69, 9.17) is 4.74 Å². The lowest BCUT2D eigenvalue weighted by Gasteiger charge is -2.27. The second-order valence-corrected chi connectivity index (χ2v) is 3.82. The van der Waals surface area contributed by atoms with Gasteiger partial charge in [-0.25, -0.2) is 0 Å². The standard InChI is InChI=1S/C11H11F3N2O2/c12-11(13,14)9-1-2-15-7-8(9)10(17)16-3-5-18-6-4-16/h1-2,7H,3-6H2. The van der Waals surface area contributed by atoms with Gasteiger partial charge in [0.25, 0.3) is 5.91 Å². The summed E-state index contributed by atoms with van der Waals surface area (Å²) in [6, 6.07) is 0.813. The van der Waals surface area contributed by atoms with Gasteiger partial charge in [-0.3, -0.25) is 9.78 Å². The van der Waals surface area contributed by atoms with Gasteiger partial charge in [-0.05, 0) is 6.07 Å². The van der Waals surface area contributed by atoms with Crippen molar-refractivity contribution >= 4 is 5.91 Å². The molecule has 1 fully saturated rings. The van der Waals surface area contributed by atoms with E-state index in [1.54, 1.807) is 0 Å². The molecule has 0 radical (unpaired) electrons. The van der Waals surface area contributed by atoms with Crippen LogP contribution >= 0.6 is 0 Å². The number of rotatable bonds is 1. The molecule has 0 N–H and O–H groups in total. The van der Waals surface area contributed by atoms with E-state index in [1.165, 1.54) is 4.90 Å². The molecule has 1 aliphatic rings. The summed E-state index contributed by atoms with van der Waals surface area (Å²) >= 11 is 0. The van der Waals surface area contributed by atoms with Crippen LogP contribution in [-0.2, 0) is 10.9 Å². The molecule has 0 spiro atoms. The summed E-state index contributed by atoms with van der Waals surface area (Å²) in [6.07, 6.45) is -2.57. The second kappa shape index (κ2) is 4.93. The Morgan fingerprint density at radius 2 is 2.00 bits per heavy atom. The SMILES string of the molecule is O=C(c1cnccc1C(F)(F)F)N1CCOCC1. The molecular formula is C11H11F3N2O2. The number of amides is 1. The number of aromatic nitrogens is 1. The van der Waals surface area contributed by atoms with E-state index in [9.17, 15) is 18.0 Å². The lowest BCUT2D eigenvalue weighted by Crippen LogP contribution is -2.41. The number of carbonyl (C=O) groups excluding carboxylic acids is 1. The Balaban J connectivity index is 2.30. The average Bonchev–Trinajstić information content (AvgIpc) is 2.38.